The molecule has 0 saturated carbocycles. The van der Waals surface area contributed by atoms with E-state index in [1.807, 2.05) is 6.07 Å². The molecule has 1 saturated heterocycles. The number of aromatic nitrogens is 3. The first-order chi connectivity index (χ1) is 17.7. The van der Waals surface area contributed by atoms with Gasteiger partial charge in [-0.05, 0) is 32.9 Å². The number of carbonyl (C=O) groups excluding carboxylic acids is 1. The Morgan fingerprint density at radius 1 is 1.38 bits per heavy atom. The fraction of sp³-hybridized carbons (Fsp3) is 0.462. The summed E-state index contributed by atoms with van der Waals surface area (Å²) in [5.41, 5.74) is 0.319. The van der Waals surface area contributed by atoms with Crippen LogP contribution in [0.1, 0.15) is 36.7 Å². The van der Waals surface area contributed by atoms with E-state index < -0.39 is 17.7 Å². The van der Waals surface area contributed by atoms with Crippen LogP contribution in [0.4, 0.5) is 10.1 Å². The lowest BCUT2D eigenvalue weighted by atomic mass is 10.0. The summed E-state index contributed by atoms with van der Waals surface area (Å²) in [5.74, 6) is 0.0354. The number of nitriles is 1. The molecule has 4 rings (SSSR count). The van der Waals surface area contributed by atoms with Gasteiger partial charge in [0.05, 0.1) is 42.2 Å². The molecule has 196 valence electrons. The second-order valence-corrected chi connectivity index (χ2v) is 9.74. The van der Waals surface area contributed by atoms with Gasteiger partial charge in [-0.15, -0.1) is 0 Å². The largest absolute Gasteiger partial charge is 0.387 e. The van der Waals surface area contributed by atoms with Crippen LogP contribution in [0.15, 0.2) is 36.8 Å². The van der Waals surface area contributed by atoms with Crippen LogP contribution in [0, 0.1) is 11.3 Å². The SMILES string of the molecule is CC1COCCN1CCNc1cc(-n2ccc3cc(C#N)cnc32)ncc1C(=O)NCC(F)C(C)(C)O. The smallest absolute Gasteiger partial charge is 0.255 e. The summed E-state index contributed by atoms with van der Waals surface area (Å²) in [6.07, 6.45) is 3.12. The molecule has 4 heterocycles. The van der Waals surface area contributed by atoms with Gasteiger partial charge in [0.2, 0.25) is 0 Å². The van der Waals surface area contributed by atoms with Crippen molar-refractivity contribution >= 4 is 22.6 Å². The predicted octanol–water partition coefficient (Wildman–Crippen LogP) is 2.26. The van der Waals surface area contributed by atoms with Gasteiger partial charge in [0, 0.05) is 55.7 Å². The monoisotopic (exact) mass is 509 g/mol. The third kappa shape index (κ3) is 6.22. The van der Waals surface area contributed by atoms with E-state index in [1.54, 1.807) is 22.9 Å². The number of halogens is 1. The van der Waals surface area contributed by atoms with E-state index in [9.17, 15) is 14.3 Å². The van der Waals surface area contributed by atoms with Crippen molar-refractivity contribution in [3.63, 3.8) is 0 Å². The number of anilines is 1. The maximum atomic E-state index is 14.2. The summed E-state index contributed by atoms with van der Waals surface area (Å²) in [6, 6.07) is 7.72. The average Bonchev–Trinajstić information content (AvgIpc) is 3.30. The van der Waals surface area contributed by atoms with Crippen molar-refractivity contribution < 1.29 is 19.0 Å². The summed E-state index contributed by atoms with van der Waals surface area (Å²) < 4.78 is 21.5. The molecule has 2 unspecified atom stereocenters. The summed E-state index contributed by atoms with van der Waals surface area (Å²) >= 11 is 0. The van der Waals surface area contributed by atoms with E-state index >= 15 is 0 Å². The molecule has 1 amide bonds. The molecule has 3 N–H and O–H groups in total. The highest BCUT2D eigenvalue weighted by Gasteiger charge is 2.27. The Morgan fingerprint density at radius 3 is 2.92 bits per heavy atom. The van der Waals surface area contributed by atoms with Gasteiger partial charge >= 0.3 is 0 Å². The van der Waals surface area contributed by atoms with Gasteiger partial charge in [-0.3, -0.25) is 14.3 Å². The number of rotatable bonds is 9. The van der Waals surface area contributed by atoms with Crippen LogP contribution in [-0.4, -0.2) is 87.7 Å². The predicted molar refractivity (Wildman–Crippen MR) is 137 cm³/mol. The van der Waals surface area contributed by atoms with Crippen LogP contribution in [0.25, 0.3) is 16.9 Å². The third-order valence-electron chi connectivity index (χ3n) is 6.46. The van der Waals surface area contributed by atoms with Gasteiger partial charge in [0.15, 0.2) is 0 Å². The molecular formula is C26H32FN7O3. The fourth-order valence-electron chi connectivity index (χ4n) is 4.13. The number of carbonyl (C=O) groups is 1. The molecule has 37 heavy (non-hydrogen) atoms. The minimum atomic E-state index is -1.63. The van der Waals surface area contributed by atoms with E-state index in [-0.39, 0.29) is 12.1 Å². The minimum Gasteiger partial charge on any atom is -0.387 e. The molecule has 0 bridgehead atoms. The van der Waals surface area contributed by atoms with E-state index in [4.69, 9.17) is 10.00 Å². The summed E-state index contributed by atoms with van der Waals surface area (Å²) in [6.45, 7) is 8.01. The number of nitrogens with zero attached hydrogens (tertiary/aromatic N) is 5. The van der Waals surface area contributed by atoms with Crippen molar-refractivity contribution in [2.75, 3.05) is 44.7 Å². The lowest BCUT2D eigenvalue weighted by Crippen LogP contribution is -2.45. The van der Waals surface area contributed by atoms with Gasteiger partial charge in [0.25, 0.3) is 5.91 Å². The third-order valence-corrected chi connectivity index (χ3v) is 6.46. The Hall–Kier alpha value is -3.59. The zero-order valence-corrected chi connectivity index (χ0v) is 21.2. The Kier molecular flexibility index (Phi) is 8.02. The first-order valence-corrected chi connectivity index (χ1v) is 12.3. The average molecular weight is 510 g/mol. The van der Waals surface area contributed by atoms with E-state index in [0.29, 0.717) is 48.5 Å². The zero-order valence-electron chi connectivity index (χ0n) is 21.2. The van der Waals surface area contributed by atoms with Crippen LogP contribution in [0.2, 0.25) is 0 Å². The van der Waals surface area contributed by atoms with Gasteiger partial charge < -0.3 is 20.5 Å². The Morgan fingerprint density at radius 2 is 2.19 bits per heavy atom. The number of alkyl halides is 1. The normalized spacial score (nSPS) is 17.4. The molecule has 0 spiro atoms. The van der Waals surface area contributed by atoms with Gasteiger partial charge in [-0.25, -0.2) is 14.4 Å². The molecule has 1 aliphatic rings. The molecule has 11 heteroatoms. The lowest BCUT2D eigenvalue weighted by Gasteiger charge is -2.33. The summed E-state index contributed by atoms with van der Waals surface area (Å²) in [5, 5.41) is 25.7. The van der Waals surface area contributed by atoms with Crippen molar-refractivity contribution in [1.29, 1.82) is 5.26 Å². The second-order valence-electron chi connectivity index (χ2n) is 9.74. The quantitative estimate of drug-likeness (QED) is 0.401. The van der Waals surface area contributed by atoms with Crippen molar-refractivity contribution in [3.05, 3.63) is 47.9 Å². The number of hydrogen-bond acceptors (Lipinski definition) is 8. The molecule has 0 aromatic carbocycles. The number of hydrogen-bond donors (Lipinski definition) is 3. The van der Waals surface area contributed by atoms with Crippen molar-refractivity contribution in [2.45, 2.75) is 38.6 Å². The van der Waals surface area contributed by atoms with E-state index in [1.165, 1.54) is 26.2 Å². The van der Waals surface area contributed by atoms with Crippen LogP contribution in [-0.2, 0) is 4.74 Å². The number of aliphatic hydroxyl groups is 1. The molecular weight excluding hydrogens is 477 g/mol. The van der Waals surface area contributed by atoms with Crippen molar-refractivity contribution in [1.82, 2.24) is 24.8 Å². The number of morpholine rings is 1. The number of fused-ring (bicyclic) bond motifs is 1. The van der Waals surface area contributed by atoms with Crippen LogP contribution < -0.4 is 10.6 Å². The van der Waals surface area contributed by atoms with Gasteiger partial charge in [0.1, 0.15) is 23.7 Å². The molecule has 3 aromatic heterocycles. The first-order valence-electron chi connectivity index (χ1n) is 12.3. The number of amides is 1. The minimum absolute atomic E-state index is 0.262. The zero-order chi connectivity index (χ0) is 26.6. The van der Waals surface area contributed by atoms with Crippen molar-refractivity contribution in [2.24, 2.45) is 0 Å². The van der Waals surface area contributed by atoms with E-state index in [0.717, 1.165) is 18.5 Å². The first kappa shape index (κ1) is 26.5. The Balaban J connectivity index is 1.59. The van der Waals surface area contributed by atoms with Crippen LogP contribution in [0.3, 0.4) is 0 Å². The topological polar surface area (TPSA) is 128 Å². The lowest BCUT2D eigenvalue weighted by molar-refractivity contribution is -0.00177. The maximum absolute atomic E-state index is 14.2. The van der Waals surface area contributed by atoms with Gasteiger partial charge in [-0.1, -0.05) is 0 Å². The second kappa shape index (κ2) is 11.2. The van der Waals surface area contributed by atoms with Crippen molar-refractivity contribution in [3.8, 4) is 11.9 Å². The Labute approximate surface area is 215 Å². The molecule has 10 nitrogen and oxygen atoms in total. The van der Waals surface area contributed by atoms with E-state index in [2.05, 4.69) is 38.5 Å². The fourth-order valence-corrected chi connectivity index (χ4v) is 4.13. The Bertz CT molecular complexity index is 1300. The molecule has 2 atom stereocenters. The highest BCUT2D eigenvalue weighted by Crippen LogP contribution is 2.23. The van der Waals surface area contributed by atoms with Crippen LogP contribution in [0.5, 0.6) is 0 Å². The molecule has 1 fully saturated rings. The van der Waals surface area contributed by atoms with Gasteiger partial charge in [-0.2, -0.15) is 5.26 Å². The number of nitrogens with one attached hydrogen (secondary N) is 2. The standard InChI is InChI=1S/C26H32FN7O3/c1-17-16-37-9-8-33(17)7-5-29-21-11-23(34-6-4-19-10-18(12-28)13-31-24(19)34)30-14-20(21)25(35)32-15-22(27)26(2,3)36/h4,6,10-11,13-14,17,22,36H,5,7-9,15-16H2,1-3H3,(H,29,30)(H,32,35). The summed E-state index contributed by atoms with van der Waals surface area (Å²) in [7, 11) is 0. The number of ether oxygens (including phenoxy) is 1. The maximum Gasteiger partial charge on any atom is 0.255 e. The van der Waals surface area contributed by atoms with Crippen LogP contribution >= 0.6 is 0 Å². The highest BCUT2D eigenvalue weighted by atomic mass is 19.1. The molecule has 0 aliphatic carbocycles. The summed E-state index contributed by atoms with van der Waals surface area (Å²) in [4.78, 5) is 24.2. The molecule has 1 aliphatic heterocycles. The highest BCUT2D eigenvalue weighted by molar-refractivity contribution is 5.99. The molecule has 3 aromatic rings. The number of pyridine rings is 2. The molecule has 0 radical (unpaired) electrons.